The van der Waals surface area contributed by atoms with Gasteiger partial charge < -0.3 is 21.3 Å². The highest BCUT2D eigenvalue weighted by atomic mass is 16.4. The zero-order valence-electron chi connectivity index (χ0n) is 8.10. The Balaban J connectivity index is 3.91. The molecule has 1 amide bonds. The molecule has 0 radical (unpaired) electrons. The van der Waals surface area contributed by atoms with E-state index < -0.39 is 24.5 Å². The maximum Gasteiger partial charge on any atom is 0.328 e. The van der Waals surface area contributed by atoms with Crippen molar-refractivity contribution in [2.75, 3.05) is 13.2 Å². The van der Waals surface area contributed by atoms with Crippen LogP contribution in [0.15, 0.2) is 0 Å². The number of amides is 1. The highest BCUT2D eigenvalue weighted by molar-refractivity contribution is 5.88. The Hall–Kier alpha value is -1.47. The number of aliphatic hydroxyl groups excluding tert-OH is 1. The Morgan fingerprint density at radius 1 is 1.27 bits per heavy atom. The van der Waals surface area contributed by atoms with Crippen molar-refractivity contribution in [2.24, 2.45) is 5.73 Å². The Kier molecular flexibility index (Phi) is 6.23. The summed E-state index contributed by atoms with van der Waals surface area (Å²) in [6.45, 7) is -0.832. The predicted octanol–water partition coefficient (Wildman–Crippen LogP) is -2.14. The lowest BCUT2D eigenvalue weighted by molar-refractivity contribution is -0.143. The third-order valence-electron chi connectivity index (χ3n) is 1.67. The van der Waals surface area contributed by atoms with E-state index >= 15 is 0 Å². The molecular formula is C8H14N2O5. The molecule has 0 aliphatic heterocycles. The topological polar surface area (TPSA) is 130 Å². The molecule has 0 saturated carbocycles. The van der Waals surface area contributed by atoms with Crippen molar-refractivity contribution in [3.05, 3.63) is 0 Å². The van der Waals surface area contributed by atoms with E-state index in [1.807, 2.05) is 0 Å². The van der Waals surface area contributed by atoms with Crippen molar-refractivity contribution in [1.29, 1.82) is 0 Å². The summed E-state index contributed by atoms with van der Waals surface area (Å²) in [5, 5.41) is 19.1. The molecule has 7 nitrogen and oxygen atoms in total. The first-order valence-corrected chi connectivity index (χ1v) is 4.36. The number of nitrogens with one attached hydrogen (secondary N) is 1. The predicted molar refractivity (Wildman–Crippen MR) is 49.9 cm³/mol. The molecule has 7 heteroatoms. The molecule has 0 heterocycles. The van der Waals surface area contributed by atoms with Gasteiger partial charge >= 0.3 is 5.97 Å². The van der Waals surface area contributed by atoms with E-state index in [1.165, 1.54) is 0 Å². The Bertz CT molecular complexity index is 253. The van der Waals surface area contributed by atoms with Crippen LogP contribution in [0.25, 0.3) is 0 Å². The number of hydrogen-bond acceptors (Lipinski definition) is 5. The summed E-state index contributed by atoms with van der Waals surface area (Å²) in [4.78, 5) is 32.2. The first kappa shape index (κ1) is 13.5. The number of carboxylic acids is 1. The molecular weight excluding hydrogens is 204 g/mol. The molecule has 86 valence electrons. The minimum atomic E-state index is -1.33. The molecule has 15 heavy (non-hydrogen) atoms. The van der Waals surface area contributed by atoms with Gasteiger partial charge in [-0.1, -0.05) is 0 Å². The number of carbonyl (C=O) groups excluding carboxylic acids is 2. The summed E-state index contributed by atoms with van der Waals surface area (Å²) in [5.41, 5.74) is 5.02. The van der Waals surface area contributed by atoms with Gasteiger partial charge in [0.05, 0.1) is 13.2 Å². The molecule has 5 N–H and O–H groups in total. The maximum absolute atomic E-state index is 11.1. The smallest absolute Gasteiger partial charge is 0.328 e. The molecule has 0 aromatic rings. The third kappa shape index (κ3) is 5.76. The van der Waals surface area contributed by atoms with E-state index in [2.05, 4.69) is 5.32 Å². The first-order chi connectivity index (χ1) is 7.01. The number of aliphatic carboxylic acids is 1. The number of nitrogens with two attached hydrogens (primary N) is 1. The standard InChI is InChI=1S/C8H14N2O5/c9-3-5(12)1-2-7(13)10-6(4-11)8(14)15/h6,11H,1-4,9H2,(H,10,13)(H,14,15). The number of carboxylic acid groups (broad SMARTS) is 1. The van der Waals surface area contributed by atoms with Gasteiger partial charge in [-0.3, -0.25) is 9.59 Å². The molecule has 0 aliphatic carbocycles. The quantitative estimate of drug-likeness (QED) is 0.385. The average Bonchev–Trinajstić information content (AvgIpc) is 2.21. The number of ketones is 1. The lowest BCUT2D eigenvalue weighted by atomic mass is 10.2. The Morgan fingerprint density at radius 3 is 2.27 bits per heavy atom. The van der Waals surface area contributed by atoms with Gasteiger partial charge in [0.2, 0.25) is 5.91 Å². The van der Waals surface area contributed by atoms with Gasteiger partial charge in [0.1, 0.15) is 11.8 Å². The second-order valence-corrected chi connectivity index (χ2v) is 2.88. The molecule has 0 fully saturated rings. The normalized spacial score (nSPS) is 11.9. The van der Waals surface area contributed by atoms with Crippen LogP contribution in [-0.2, 0) is 14.4 Å². The number of rotatable bonds is 7. The largest absolute Gasteiger partial charge is 0.480 e. The molecule has 1 unspecified atom stereocenters. The zero-order valence-corrected chi connectivity index (χ0v) is 8.10. The summed E-state index contributed by atoms with van der Waals surface area (Å²) in [5.74, 6) is -2.20. The molecule has 0 aliphatic rings. The van der Waals surface area contributed by atoms with Crippen LogP contribution in [0, 0.1) is 0 Å². The van der Waals surface area contributed by atoms with Crippen LogP contribution in [0.2, 0.25) is 0 Å². The fourth-order valence-electron chi connectivity index (χ4n) is 0.807. The maximum atomic E-state index is 11.1. The van der Waals surface area contributed by atoms with Gasteiger partial charge in [-0.15, -0.1) is 0 Å². The second kappa shape index (κ2) is 6.91. The molecule has 0 aromatic carbocycles. The summed E-state index contributed by atoms with van der Waals surface area (Å²) in [6.07, 6.45) is -0.153. The van der Waals surface area contributed by atoms with Gasteiger partial charge in [0, 0.05) is 12.8 Å². The number of Topliss-reactive ketones (excluding diaryl/α,β-unsaturated/α-hetero) is 1. The summed E-state index contributed by atoms with van der Waals surface area (Å²) < 4.78 is 0. The van der Waals surface area contributed by atoms with E-state index in [1.54, 1.807) is 0 Å². The average molecular weight is 218 g/mol. The summed E-state index contributed by atoms with van der Waals surface area (Å²) in [7, 11) is 0. The van der Waals surface area contributed by atoms with Crippen molar-refractivity contribution >= 4 is 17.7 Å². The van der Waals surface area contributed by atoms with Crippen LogP contribution in [0.5, 0.6) is 0 Å². The molecule has 0 saturated heterocycles. The van der Waals surface area contributed by atoms with E-state index in [0.717, 1.165) is 0 Å². The van der Waals surface area contributed by atoms with Gasteiger partial charge in [-0.05, 0) is 0 Å². The fourth-order valence-corrected chi connectivity index (χ4v) is 0.807. The van der Waals surface area contributed by atoms with Crippen molar-refractivity contribution in [2.45, 2.75) is 18.9 Å². The molecule has 0 spiro atoms. The van der Waals surface area contributed by atoms with Crippen LogP contribution in [0.1, 0.15) is 12.8 Å². The van der Waals surface area contributed by atoms with Crippen molar-refractivity contribution in [3.63, 3.8) is 0 Å². The Labute approximate surface area is 86.3 Å². The molecule has 1 atom stereocenters. The van der Waals surface area contributed by atoms with Crippen molar-refractivity contribution in [1.82, 2.24) is 5.32 Å². The van der Waals surface area contributed by atoms with Crippen LogP contribution in [-0.4, -0.2) is 47.1 Å². The van der Waals surface area contributed by atoms with Crippen molar-refractivity contribution < 1.29 is 24.6 Å². The van der Waals surface area contributed by atoms with Crippen LogP contribution < -0.4 is 11.1 Å². The van der Waals surface area contributed by atoms with Gasteiger partial charge in [-0.2, -0.15) is 0 Å². The summed E-state index contributed by atoms with van der Waals surface area (Å²) >= 11 is 0. The molecule has 0 bridgehead atoms. The number of carbonyl (C=O) groups is 3. The van der Waals surface area contributed by atoms with Gasteiger partial charge in [0.15, 0.2) is 0 Å². The van der Waals surface area contributed by atoms with E-state index in [4.69, 9.17) is 15.9 Å². The van der Waals surface area contributed by atoms with E-state index in [0.29, 0.717) is 0 Å². The number of hydrogen-bond donors (Lipinski definition) is 4. The molecule has 0 aromatic heterocycles. The SMILES string of the molecule is NCC(=O)CCC(=O)NC(CO)C(=O)O. The van der Waals surface area contributed by atoms with E-state index in [9.17, 15) is 14.4 Å². The first-order valence-electron chi connectivity index (χ1n) is 4.36. The monoisotopic (exact) mass is 218 g/mol. The fraction of sp³-hybridized carbons (Fsp3) is 0.625. The lowest BCUT2D eigenvalue weighted by Crippen LogP contribution is -2.43. The minimum absolute atomic E-state index is 0.0277. The number of aliphatic hydroxyl groups is 1. The Morgan fingerprint density at radius 2 is 1.87 bits per heavy atom. The highest BCUT2D eigenvalue weighted by Crippen LogP contribution is 1.92. The molecule has 0 rings (SSSR count). The highest BCUT2D eigenvalue weighted by Gasteiger charge is 2.18. The van der Waals surface area contributed by atoms with E-state index in [-0.39, 0.29) is 25.2 Å². The zero-order chi connectivity index (χ0) is 11.8. The van der Waals surface area contributed by atoms with Crippen LogP contribution >= 0.6 is 0 Å². The van der Waals surface area contributed by atoms with Crippen LogP contribution in [0.3, 0.4) is 0 Å². The summed E-state index contributed by atoms with van der Waals surface area (Å²) in [6, 6.07) is -1.33. The van der Waals surface area contributed by atoms with Gasteiger partial charge in [0.25, 0.3) is 0 Å². The lowest BCUT2D eigenvalue weighted by Gasteiger charge is -2.10. The van der Waals surface area contributed by atoms with Crippen molar-refractivity contribution in [3.8, 4) is 0 Å². The second-order valence-electron chi connectivity index (χ2n) is 2.88. The van der Waals surface area contributed by atoms with Crippen LogP contribution in [0.4, 0.5) is 0 Å². The third-order valence-corrected chi connectivity index (χ3v) is 1.67. The van der Waals surface area contributed by atoms with Gasteiger partial charge in [-0.25, -0.2) is 4.79 Å². The minimum Gasteiger partial charge on any atom is -0.480 e.